The molecule has 0 N–H and O–H groups in total. The predicted octanol–water partition coefficient (Wildman–Crippen LogP) is 3.78. The zero-order chi connectivity index (χ0) is 21.4. The van der Waals surface area contributed by atoms with E-state index in [1.165, 1.54) is 12.1 Å². The highest BCUT2D eigenvalue weighted by molar-refractivity contribution is 7.89. The topological polar surface area (TPSA) is 83.8 Å². The number of benzene rings is 2. The van der Waals surface area contributed by atoms with Crippen molar-refractivity contribution in [3.05, 3.63) is 63.2 Å². The van der Waals surface area contributed by atoms with Gasteiger partial charge in [-0.05, 0) is 24.3 Å². The molecule has 0 bridgehead atoms. The minimum absolute atomic E-state index is 0.0336. The van der Waals surface area contributed by atoms with Gasteiger partial charge in [-0.25, -0.2) is 8.42 Å². The lowest BCUT2D eigenvalue weighted by atomic mass is 10.1. The lowest BCUT2D eigenvalue weighted by Gasteiger charge is -2.35. The standard InChI is InChI=1S/C17H15ClF3N3O4S/c18-15-11-14(24(25)26)4-5-16(15)29(27,28)23-8-6-22(7-9-23)13-3-1-2-12(10-13)17(19,20)21/h1-5,10-11H,6-9H2. The lowest BCUT2D eigenvalue weighted by Crippen LogP contribution is -2.48. The summed E-state index contributed by atoms with van der Waals surface area (Å²) in [5, 5.41) is 10.5. The van der Waals surface area contributed by atoms with Gasteiger partial charge in [0.05, 0.1) is 15.5 Å². The van der Waals surface area contributed by atoms with Crippen LogP contribution in [0.2, 0.25) is 5.02 Å². The molecule has 0 amide bonds. The van der Waals surface area contributed by atoms with Crippen LogP contribution in [0, 0.1) is 10.1 Å². The molecule has 1 aliphatic rings. The number of rotatable bonds is 4. The molecule has 1 heterocycles. The summed E-state index contributed by atoms with van der Waals surface area (Å²) in [5.41, 5.74) is -0.753. The number of hydrogen-bond acceptors (Lipinski definition) is 5. The third-order valence-corrected chi connectivity index (χ3v) is 6.90. The monoisotopic (exact) mass is 449 g/mol. The van der Waals surface area contributed by atoms with Gasteiger partial charge < -0.3 is 4.90 Å². The molecule has 0 unspecified atom stereocenters. The van der Waals surface area contributed by atoms with E-state index in [1.807, 2.05) is 0 Å². The summed E-state index contributed by atoms with van der Waals surface area (Å²) < 4.78 is 65.5. The van der Waals surface area contributed by atoms with E-state index in [2.05, 4.69) is 0 Å². The highest BCUT2D eigenvalue weighted by Gasteiger charge is 2.33. The van der Waals surface area contributed by atoms with Crippen LogP contribution in [0.3, 0.4) is 0 Å². The van der Waals surface area contributed by atoms with Crippen molar-refractivity contribution in [2.45, 2.75) is 11.1 Å². The number of nitro groups is 1. The molecular formula is C17H15ClF3N3O4S. The zero-order valence-electron chi connectivity index (χ0n) is 14.8. The number of anilines is 1. The molecule has 1 fully saturated rings. The van der Waals surface area contributed by atoms with Gasteiger partial charge >= 0.3 is 6.18 Å². The van der Waals surface area contributed by atoms with Gasteiger partial charge in [-0.15, -0.1) is 0 Å². The number of halogens is 4. The van der Waals surface area contributed by atoms with Crippen molar-refractivity contribution >= 4 is 33.0 Å². The van der Waals surface area contributed by atoms with E-state index in [0.717, 1.165) is 34.6 Å². The Labute approximate surface area is 169 Å². The van der Waals surface area contributed by atoms with Gasteiger partial charge in [-0.2, -0.15) is 17.5 Å². The molecule has 0 spiro atoms. The number of nitrogens with zero attached hydrogens (tertiary/aromatic N) is 3. The van der Waals surface area contributed by atoms with E-state index < -0.39 is 26.7 Å². The summed E-state index contributed by atoms with van der Waals surface area (Å²) >= 11 is 5.93. The van der Waals surface area contributed by atoms with Gasteiger partial charge in [0.15, 0.2) is 0 Å². The number of piperazine rings is 1. The maximum Gasteiger partial charge on any atom is 0.416 e. The Morgan fingerprint density at radius 1 is 1.03 bits per heavy atom. The molecule has 1 saturated heterocycles. The van der Waals surface area contributed by atoms with Crippen LogP contribution < -0.4 is 4.90 Å². The molecule has 29 heavy (non-hydrogen) atoms. The molecule has 1 aliphatic heterocycles. The maximum atomic E-state index is 12.9. The fourth-order valence-corrected chi connectivity index (χ4v) is 4.95. The summed E-state index contributed by atoms with van der Waals surface area (Å²) in [7, 11) is -4.00. The molecule has 0 atom stereocenters. The Hall–Kier alpha value is -2.37. The van der Waals surface area contributed by atoms with E-state index in [0.29, 0.717) is 5.69 Å². The number of nitro benzene ring substituents is 1. The molecule has 2 aromatic carbocycles. The first-order chi connectivity index (χ1) is 13.5. The van der Waals surface area contributed by atoms with Gasteiger partial charge in [0, 0.05) is 44.0 Å². The zero-order valence-corrected chi connectivity index (χ0v) is 16.3. The Balaban J connectivity index is 1.76. The minimum atomic E-state index is -4.46. The van der Waals surface area contributed by atoms with E-state index >= 15 is 0 Å². The summed E-state index contributed by atoms with van der Waals surface area (Å²) in [6.45, 7) is 0.439. The number of non-ortho nitro benzene ring substituents is 1. The van der Waals surface area contributed by atoms with Crippen LogP contribution in [0.15, 0.2) is 47.4 Å². The van der Waals surface area contributed by atoms with Crippen molar-refractivity contribution in [1.29, 1.82) is 0 Å². The fraction of sp³-hybridized carbons (Fsp3) is 0.294. The Kier molecular flexibility index (Phi) is 5.74. The summed E-state index contributed by atoms with van der Waals surface area (Å²) in [6.07, 6.45) is -4.46. The Bertz CT molecular complexity index is 1040. The maximum absolute atomic E-state index is 12.9. The van der Waals surface area contributed by atoms with Crippen LogP contribution in [0.1, 0.15) is 5.56 Å². The highest BCUT2D eigenvalue weighted by Crippen LogP contribution is 2.33. The first-order valence-electron chi connectivity index (χ1n) is 8.36. The minimum Gasteiger partial charge on any atom is -0.369 e. The SMILES string of the molecule is O=[N+]([O-])c1ccc(S(=O)(=O)N2CCN(c3cccc(C(F)(F)F)c3)CC2)c(Cl)c1. The van der Waals surface area contributed by atoms with Crippen molar-refractivity contribution in [2.75, 3.05) is 31.1 Å². The van der Waals surface area contributed by atoms with E-state index in [4.69, 9.17) is 11.6 Å². The molecule has 156 valence electrons. The Morgan fingerprint density at radius 3 is 2.24 bits per heavy atom. The molecule has 0 saturated carbocycles. The third kappa shape index (κ3) is 4.46. The van der Waals surface area contributed by atoms with Gasteiger partial charge in [-0.1, -0.05) is 17.7 Å². The average Bonchev–Trinajstić information content (AvgIpc) is 2.67. The fourth-order valence-electron chi connectivity index (χ4n) is 3.02. The number of sulfonamides is 1. The van der Waals surface area contributed by atoms with E-state index in [-0.39, 0.29) is 41.8 Å². The molecule has 7 nitrogen and oxygen atoms in total. The first-order valence-corrected chi connectivity index (χ1v) is 10.2. The molecule has 0 aromatic heterocycles. The smallest absolute Gasteiger partial charge is 0.369 e. The van der Waals surface area contributed by atoms with Crippen molar-refractivity contribution < 1.29 is 26.5 Å². The van der Waals surface area contributed by atoms with Crippen LogP contribution >= 0.6 is 11.6 Å². The van der Waals surface area contributed by atoms with Crippen LogP contribution in [0.4, 0.5) is 24.5 Å². The third-order valence-electron chi connectivity index (χ3n) is 4.52. The van der Waals surface area contributed by atoms with E-state index in [1.54, 1.807) is 4.90 Å². The second-order valence-electron chi connectivity index (χ2n) is 6.31. The summed E-state index contributed by atoms with van der Waals surface area (Å²) in [5.74, 6) is 0. The van der Waals surface area contributed by atoms with Crippen LogP contribution in [-0.2, 0) is 16.2 Å². The number of alkyl halides is 3. The van der Waals surface area contributed by atoms with Gasteiger partial charge in [-0.3, -0.25) is 10.1 Å². The molecule has 2 aromatic rings. The molecule has 0 aliphatic carbocycles. The van der Waals surface area contributed by atoms with Crippen LogP contribution in [0.5, 0.6) is 0 Å². The molecule has 3 rings (SSSR count). The second kappa shape index (κ2) is 7.81. The predicted molar refractivity (Wildman–Crippen MR) is 101 cm³/mol. The first kappa shape index (κ1) is 21.3. The van der Waals surface area contributed by atoms with E-state index in [9.17, 15) is 31.7 Å². The van der Waals surface area contributed by atoms with Crippen molar-refractivity contribution in [3.8, 4) is 0 Å². The summed E-state index contributed by atoms with van der Waals surface area (Å²) in [6, 6.07) is 7.93. The molecule has 0 radical (unpaired) electrons. The second-order valence-corrected chi connectivity index (χ2v) is 8.62. The van der Waals surface area contributed by atoms with Gasteiger partial charge in [0.25, 0.3) is 5.69 Å². The quantitative estimate of drug-likeness (QED) is 0.524. The van der Waals surface area contributed by atoms with Crippen molar-refractivity contribution in [2.24, 2.45) is 0 Å². The molecular weight excluding hydrogens is 435 g/mol. The van der Waals surface area contributed by atoms with Crippen LogP contribution in [-0.4, -0.2) is 43.8 Å². The molecule has 12 heteroatoms. The largest absolute Gasteiger partial charge is 0.416 e. The van der Waals surface area contributed by atoms with Gasteiger partial charge in [0.1, 0.15) is 4.90 Å². The highest BCUT2D eigenvalue weighted by atomic mass is 35.5. The Morgan fingerprint density at radius 2 is 1.69 bits per heavy atom. The average molecular weight is 450 g/mol. The summed E-state index contributed by atoms with van der Waals surface area (Å²) in [4.78, 5) is 11.5. The normalized spacial score (nSPS) is 16.1. The number of hydrogen-bond donors (Lipinski definition) is 0. The van der Waals surface area contributed by atoms with Crippen molar-refractivity contribution in [1.82, 2.24) is 4.31 Å². The van der Waals surface area contributed by atoms with Gasteiger partial charge in [0.2, 0.25) is 10.0 Å². The van der Waals surface area contributed by atoms with Crippen molar-refractivity contribution in [3.63, 3.8) is 0 Å². The van der Waals surface area contributed by atoms with Crippen LogP contribution in [0.25, 0.3) is 0 Å². The lowest BCUT2D eigenvalue weighted by molar-refractivity contribution is -0.384.